The van der Waals surface area contributed by atoms with E-state index in [2.05, 4.69) is 17.6 Å². The Bertz CT molecular complexity index is 300. The normalized spacial score (nSPS) is 19.9. The Balaban J connectivity index is 2.34. The summed E-state index contributed by atoms with van der Waals surface area (Å²) in [5.41, 5.74) is 0.105. The third-order valence-electron chi connectivity index (χ3n) is 3.52. The molecule has 0 saturated heterocycles. The van der Waals surface area contributed by atoms with Crippen LogP contribution in [0.25, 0.3) is 0 Å². The van der Waals surface area contributed by atoms with Crippen molar-refractivity contribution in [2.45, 2.75) is 45.1 Å². The van der Waals surface area contributed by atoms with Gasteiger partial charge in [-0.2, -0.15) is 0 Å². The Morgan fingerprint density at radius 2 is 1.89 bits per heavy atom. The smallest absolute Gasteiger partial charge is 0.328 e. The van der Waals surface area contributed by atoms with Crippen LogP contribution in [0.5, 0.6) is 0 Å². The van der Waals surface area contributed by atoms with Gasteiger partial charge in [-0.15, -0.1) is 0 Å². The summed E-state index contributed by atoms with van der Waals surface area (Å²) in [6.45, 7) is 2.06. The van der Waals surface area contributed by atoms with Gasteiger partial charge >= 0.3 is 12.0 Å². The van der Waals surface area contributed by atoms with E-state index in [1.54, 1.807) is 0 Å². The van der Waals surface area contributed by atoms with Crippen molar-refractivity contribution in [3.8, 4) is 0 Å². The predicted octanol–water partition coefficient (Wildman–Crippen LogP) is 0.701. The molecule has 1 rings (SSSR count). The van der Waals surface area contributed by atoms with E-state index in [0.717, 1.165) is 12.8 Å². The molecule has 0 aromatic heterocycles. The molecule has 1 atom stereocenters. The summed E-state index contributed by atoms with van der Waals surface area (Å²) < 4.78 is 0. The second-order valence-corrected chi connectivity index (χ2v) is 5.27. The number of carbonyl (C=O) groups excluding carboxylic acids is 1. The van der Waals surface area contributed by atoms with Crippen LogP contribution in [0.15, 0.2) is 0 Å². The maximum atomic E-state index is 11.5. The minimum absolute atomic E-state index is 0.105. The molecule has 0 radical (unpaired) electrons. The summed E-state index contributed by atoms with van der Waals surface area (Å²) in [5.74, 6) is -1.24. The minimum atomic E-state index is -1.25. The molecular formula is C12H22N2O4. The van der Waals surface area contributed by atoms with Gasteiger partial charge in [0.2, 0.25) is 0 Å². The summed E-state index contributed by atoms with van der Waals surface area (Å²) in [4.78, 5) is 22.1. The quantitative estimate of drug-likeness (QED) is 0.583. The molecule has 4 N–H and O–H groups in total. The number of rotatable bonds is 5. The first-order chi connectivity index (χ1) is 8.47. The third-order valence-corrected chi connectivity index (χ3v) is 3.52. The molecule has 104 valence electrons. The zero-order valence-electron chi connectivity index (χ0n) is 10.7. The van der Waals surface area contributed by atoms with Gasteiger partial charge in [-0.25, -0.2) is 9.59 Å². The van der Waals surface area contributed by atoms with Gasteiger partial charge in [0, 0.05) is 6.54 Å². The van der Waals surface area contributed by atoms with Crippen LogP contribution in [0.4, 0.5) is 4.79 Å². The van der Waals surface area contributed by atoms with Crippen LogP contribution < -0.4 is 10.6 Å². The summed E-state index contributed by atoms with van der Waals surface area (Å²) in [5, 5.41) is 22.4. The Labute approximate surface area is 107 Å². The maximum Gasteiger partial charge on any atom is 0.328 e. The molecule has 1 aliphatic carbocycles. The van der Waals surface area contributed by atoms with Crippen molar-refractivity contribution in [2.24, 2.45) is 5.41 Å². The lowest BCUT2D eigenvalue weighted by Crippen LogP contribution is -2.50. The first-order valence-corrected chi connectivity index (χ1v) is 6.35. The number of hydrogen-bond acceptors (Lipinski definition) is 3. The van der Waals surface area contributed by atoms with E-state index in [9.17, 15) is 9.59 Å². The van der Waals surface area contributed by atoms with Crippen molar-refractivity contribution in [3.63, 3.8) is 0 Å². The third kappa shape index (κ3) is 4.52. The molecule has 2 amide bonds. The van der Waals surface area contributed by atoms with E-state index in [4.69, 9.17) is 10.2 Å². The van der Waals surface area contributed by atoms with Crippen molar-refractivity contribution in [3.05, 3.63) is 0 Å². The molecule has 6 heteroatoms. The molecule has 6 nitrogen and oxygen atoms in total. The van der Waals surface area contributed by atoms with Crippen LogP contribution >= 0.6 is 0 Å². The van der Waals surface area contributed by atoms with Gasteiger partial charge in [0.1, 0.15) is 0 Å². The number of hydrogen-bond donors (Lipinski definition) is 4. The summed E-state index contributed by atoms with van der Waals surface area (Å²) >= 11 is 0. The lowest BCUT2D eigenvalue weighted by molar-refractivity contribution is -0.140. The number of carboxylic acid groups (broad SMARTS) is 1. The number of nitrogens with one attached hydrogen (secondary N) is 2. The summed E-state index contributed by atoms with van der Waals surface area (Å²) in [7, 11) is 0. The van der Waals surface area contributed by atoms with Gasteiger partial charge in [0.15, 0.2) is 6.04 Å². The lowest BCUT2D eigenvalue weighted by atomic mass is 9.76. The fourth-order valence-electron chi connectivity index (χ4n) is 2.27. The van der Waals surface area contributed by atoms with E-state index < -0.39 is 24.6 Å². The van der Waals surface area contributed by atoms with Crippen LogP contribution in [0.1, 0.15) is 39.0 Å². The van der Waals surface area contributed by atoms with Crippen LogP contribution in [-0.2, 0) is 4.79 Å². The van der Waals surface area contributed by atoms with Crippen LogP contribution in [0.3, 0.4) is 0 Å². The average Bonchev–Trinajstić information content (AvgIpc) is 2.34. The predicted molar refractivity (Wildman–Crippen MR) is 66.2 cm³/mol. The van der Waals surface area contributed by atoms with Crippen LogP contribution in [0.2, 0.25) is 0 Å². The zero-order chi connectivity index (χ0) is 13.6. The monoisotopic (exact) mass is 258 g/mol. The lowest BCUT2D eigenvalue weighted by Gasteiger charge is -2.33. The molecule has 0 spiro atoms. The maximum absolute atomic E-state index is 11.5. The van der Waals surface area contributed by atoms with Crippen molar-refractivity contribution < 1.29 is 19.8 Å². The number of urea groups is 1. The molecule has 0 aliphatic heterocycles. The molecule has 0 bridgehead atoms. The van der Waals surface area contributed by atoms with E-state index in [-0.39, 0.29) is 5.41 Å². The molecule has 1 fully saturated rings. The van der Waals surface area contributed by atoms with Gasteiger partial charge in [0.25, 0.3) is 0 Å². The molecule has 18 heavy (non-hydrogen) atoms. The first kappa shape index (κ1) is 14.8. The highest BCUT2D eigenvalue weighted by Crippen LogP contribution is 2.34. The van der Waals surface area contributed by atoms with E-state index in [0.29, 0.717) is 6.54 Å². The summed E-state index contributed by atoms with van der Waals surface area (Å²) in [6.07, 6.45) is 5.75. The Morgan fingerprint density at radius 3 is 2.39 bits per heavy atom. The Hall–Kier alpha value is -1.30. The fourth-order valence-corrected chi connectivity index (χ4v) is 2.27. The SMILES string of the molecule is CC1(CNC(=O)N[C@@H](CO)C(=O)O)CCCCC1. The van der Waals surface area contributed by atoms with E-state index in [1.165, 1.54) is 19.3 Å². The van der Waals surface area contributed by atoms with E-state index in [1.807, 2.05) is 0 Å². The molecule has 0 heterocycles. The molecule has 0 unspecified atom stereocenters. The molecule has 1 saturated carbocycles. The van der Waals surface area contributed by atoms with Gasteiger partial charge in [-0.1, -0.05) is 26.2 Å². The number of aliphatic hydroxyl groups excluding tert-OH is 1. The first-order valence-electron chi connectivity index (χ1n) is 6.35. The molecule has 0 aromatic carbocycles. The second-order valence-electron chi connectivity index (χ2n) is 5.27. The Morgan fingerprint density at radius 1 is 1.28 bits per heavy atom. The van der Waals surface area contributed by atoms with Crippen molar-refractivity contribution in [1.29, 1.82) is 0 Å². The Kier molecular flexibility index (Phi) is 5.40. The topological polar surface area (TPSA) is 98.7 Å². The standard InChI is InChI=1S/C12H22N2O4/c1-12(5-3-2-4-6-12)8-13-11(18)14-9(7-15)10(16)17/h9,15H,2-8H2,1H3,(H,16,17)(H2,13,14,18)/t9-/m0/s1. The average molecular weight is 258 g/mol. The largest absolute Gasteiger partial charge is 0.480 e. The van der Waals surface area contributed by atoms with Crippen molar-refractivity contribution >= 4 is 12.0 Å². The fraction of sp³-hybridized carbons (Fsp3) is 0.833. The molecule has 1 aliphatic rings. The molecule has 0 aromatic rings. The van der Waals surface area contributed by atoms with Gasteiger partial charge < -0.3 is 20.8 Å². The van der Waals surface area contributed by atoms with Gasteiger partial charge in [-0.05, 0) is 18.3 Å². The van der Waals surface area contributed by atoms with Gasteiger partial charge in [0.05, 0.1) is 6.61 Å². The highest BCUT2D eigenvalue weighted by Gasteiger charge is 2.27. The molecular weight excluding hydrogens is 236 g/mol. The second kappa shape index (κ2) is 6.58. The van der Waals surface area contributed by atoms with Gasteiger partial charge in [-0.3, -0.25) is 0 Å². The van der Waals surface area contributed by atoms with Crippen molar-refractivity contribution in [2.75, 3.05) is 13.2 Å². The highest BCUT2D eigenvalue weighted by atomic mass is 16.4. The number of aliphatic carboxylic acids is 1. The number of carboxylic acids is 1. The van der Waals surface area contributed by atoms with Crippen molar-refractivity contribution in [1.82, 2.24) is 10.6 Å². The highest BCUT2D eigenvalue weighted by molar-refractivity contribution is 5.82. The van der Waals surface area contributed by atoms with Crippen LogP contribution in [0, 0.1) is 5.41 Å². The zero-order valence-corrected chi connectivity index (χ0v) is 10.7. The summed E-state index contributed by atoms with van der Waals surface area (Å²) in [6, 6.07) is -1.78. The van der Waals surface area contributed by atoms with Crippen LogP contribution in [-0.4, -0.2) is 41.4 Å². The number of aliphatic hydroxyl groups is 1. The number of carbonyl (C=O) groups is 2. The number of amides is 2. The van der Waals surface area contributed by atoms with E-state index >= 15 is 0 Å². The minimum Gasteiger partial charge on any atom is -0.480 e.